The van der Waals surface area contributed by atoms with Gasteiger partial charge in [-0.15, -0.1) is 0 Å². The summed E-state index contributed by atoms with van der Waals surface area (Å²) in [6, 6.07) is 0. The SMILES string of the molecule is CCCCCCCCCCCC[C@@H](OC(=O)OCCCN(CC)CC)C(=O)O. The van der Waals surface area contributed by atoms with E-state index in [1.807, 2.05) is 0 Å². The lowest BCUT2D eigenvalue weighted by atomic mass is 10.0. The Kier molecular flexibility index (Phi) is 18.2. The van der Waals surface area contributed by atoms with Crippen molar-refractivity contribution in [2.45, 2.75) is 104 Å². The Bertz CT molecular complexity index is 385. The highest BCUT2D eigenvalue weighted by Crippen LogP contribution is 2.13. The maximum atomic E-state index is 11.7. The van der Waals surface area contributed by atoms with Gasteiger partial charge in [0.05, 0.1) is 6.61 Å². The quantitative estimate of drug-likeness (QED) is 0.223. The molecule has 0 aromatic rings. The minimum absolute atomic E-state index is 0.250. The number of hydrogen-bond donors (Lipinski definition) is 1. The lowest BCUT2D eigenvalue weighted by Gasteiger charge is -2.18. The van der Waals surface area contributed by atoms with Crippen molar-refractivity contribution in [2.75, 3.05) is 26.2 Å². The fourth-order valence-corrected chi connectivity index (χ4v) is 3.18. The van der Waals surface area contributed by atoms with Gasteiger partial charge >= 0.3 is 12.1 Å². The van der Waals surface area contributed by atoms with Gasteiger partial charge in [-0.05, 0) is 32.4 Å². The molecule has 28 heavy (non-hydrogen) atoms. The molecule has 0 radical (unpaired) electrons. The Hall–Kier alpha value is -1.30. The van der Waals surface area contributed by atoms with Crippen LogP contribution in [0.4, 0.5) is 4.79 Å². The van der Waals surface area contributed by atoms with Gasteiger partial charge in [0, 0.05) is 6.54 Å². The van der Waals surface area contributed by atoms with Gasteiger partial charge in [-0.25, -0.2) is 9.59 Å². The molecule has 6 nitrogen and oxygen atoms in total. The molecule has 0 fully saturated rings. The predicted molar refractivity (Wildman–Crippen MR) is 113 cm³/mol. The Morgan fingerprint density at radius 1 is 0.821 bits per heavy atom. The number of carboxylic acid groups (broad SMARTS) is 1. The molecule has 0 aliphatic carbocycles. The Balaban J connectivity index is 3.77. The van der Waals surface area contributed by atoms with Gasteiger partial charge in [-0.3, -0.25) is 0 Å². The largest absolute Gasteiger partial charge is 0.509 e. The molecule has 0 bridgehead atoms. The summed E-state index contributed by atoms with van der Waals surface area (Å²) in [7, 11) is 0. The van der Waals surface area contributed by atoms with Crippen LogP contribution in [-0.4, -0.2) is 54.5 Å². The molecule has 0 amide bonds. The summed E-state index contributed by atoms with van der Waals surface area (Å²) in [6.45, 7) is 9.41. The van der Waals surface area contributed by atoms with Crippen molar-refractivity contribution in [1.29, 1.82) is 0 Å². The minimum Gasteiger partial charge on any atom is -0.479 e. The number of nitrogens with zero attached hydrogens (tertiary/aromatic N) is 1. The zero-order valence-electron chi connectivity index (χ0n) is 18.4. The number of carbonyl (C=O) groups excluding carboxylic acids is 1. The molecule has 1 atom stereocenters. The number of aliphatic carboxylic acids is 1. The van der Waals surface area contributed by atoms with E-state index in [2.05, 4.69) is 25.7 Å². The number of carboxylic acids is 1. The van der Waals surface area contributed by atoms with Crippen molar-refractivity contribution < 1.29 is 24.2 Å². The molecular weight excluding hydrogens is 358 g/mol. The van der Waals surface area contributed by atoms with Crippen LogP contribution < -0.4 is 0 Å². The van der Waals surface area contributed by atoms with Crippen molar-refractivity contribution in [3.8, 4) is 0 Å². The van der Waals surface area contributed by atoms with E-state index in [1.54, 1.807) is 0 Å². The summed E-state index contributed by atoms with van der Waals surface area (Å²) in [6.07, 6.45) is 10.9. The zero-order chi connectivity index (χ0) is 21.0. The topological polar surface area (TPSA) is 76.1 Å². The molecule has 0 saturated heterocycles. The Morgan fingerprint density at radius 3 is 1.86 bits per heavy atom. The van der Waals surface area contributed by atoms with Crippen molar-refractivity contribution in [2.24, 2.45) is 0 Å². The van der Waals surface area contributed by atoms with Crippen LogP contribution in [0.5, 0.6) is 0 Å². The number of rotatable bonds is 19. The fourth-order valence-electron chi connectivity index (χ4n) is 3.18. The van der Waals surface area contributed by atoms with Crippen LogP contribution in [0.2, 0.25) is 0 Å². The monoisotopic (exact) mass is 401 g/mol. The third-order valence-electron chi connectivity index (χ3n) is 5.07. The highest BCUT2D eigenvalue weighted by Gasteiger charge is 2.22. The number of carbonyl (C=O) groups is 2. The summed E-state index contributed by atoms with van der Waals surface area (Å²) < 4.78 is 9.99. The first-order chi connectivity index (χ1) is 13.5. The first-order valence-corrected chi connectivity index (χ1v) is 11.3. The fraction of sp³-hybridized carbons (Fsp3) is 0.909. The molecule has 0 aromatic heterocycles. The molecule has 0 aromatic carbocycles. The van der Waals surface area contributed by atoms with E-state index in [1.165, 1.54) is 44.9 Å². The molecule has 0 heterocycles. The normalized spacial score (nSPS) is 12.1. The minimum atomic E-state index is -1.11. The Morgan fingerprint density at radius 2 is 1.36 bits per heavy atom. The van der Waals surface area contributed by atoms with Gasteiger partial charge in [0.15, 0.2) is 0 Å². The lowest BCUT2D eigenvalue weighted by Crippen LogP contribution is -2.28. The summed E-state index contributed by atoms with van der Waals surface area (Å²) in [5, 5.41) is 9.23. The average Bonchev–Trinajstić information content (AvgIpc) is 2.68. The van der Waals surface area contributed by atoms with E-state index < -0.39 is 18.2 Å². The second-order valence-electron chi connectivity index (χ2n) is 7.39. The van der Waals surface area contributed by atoms with E-state index in [4.69, 9.17) is 9.47 Å². The van der Waals surface area contributed by atoms with Gasteiger partial charge in [-0.2, -0.15) is 0 Å². The van der Waals surface area contributed by atoms with E-state index in [9.17, 15) is 14.7 Å². The average molecular weight is 402 g/mol. The molecular formula is C22H43NO5. The molecule has 166 valence electrons. The molecule has 6 heteroatoms. The maximum absolute atomic E-state index is 11.7. The van der Waals surface area contributed by atoms with Crippen molar-refractivity contribution in [1.82, 2.24) is 4.90 Å². The van der Waals surface area contributed by atoms with Crippen molar-refractivity contribution in [3.63, 3.8) is 0 Å². The number of ether oxygens (including phenoxy) is 2. The van der Waals surface area contributed by atoms with E-state index in [-0.39, 0.29) is 6.61 Å². The highest BCUT2D eigenvalue weighted by molar-refractivity contribution is 5.75. The second-order valence-corrected chi connectivity index (χ2v) is 7.39. The van der Waals surface area contributed by atoms with E-state index in [0.717, 1.165) is 38.9 Å². The first kappa shape index (κ1) is 26.7. The van der Waals surface area contributed by atoms with Crippen LogP contribution >= 0.6 is 0 Å². The molecule has 1 N–H and O–H groups in total. The van der Waals surface area contributed by atoms with Crippen molar-refractivity contribution >= 4 is 12.1 Å². The predicted octanol–water partition coefficient (Wildman–Crippen LogP) is 5.64. The molecule has 0 rings (SSSR count). The molecule has 0 aliphatic heterocycles. The summed E-state index contributed by atoms with van der Waals surface area (Å²) >= 11 is 0. The first-order valence-electron chi connectivity index (χ1n) is 11.3. The van der Waals surface area contributed by atoms with E-state index >= 15 is 0 Å². The zero-order valence-corrected chi connectivity index (χ0v) is 18.4. The smallest absolute Gasteiger partial charge is 0.479 e. The summed E-state index contributed by atoms with van der Waals surface area (Å²) in [5.41, 5.74) is 0. The van der Waals surface area contributed by atoms with Gasteiger partial charge in [-0.1, -0.05) is 78.6 Å². The maximum Gasteiger partial charge on any atom is 0.509 e. The van der Waals surface area contributed by atoms with Gasteiger partial charge in [0.25, 0.3) is 0 Å². The number of unbranched alkanes of at least 4 members (excludes halogenated alkanes) is 9. The highest BCUT2D eigenvalue weighted by atomic mass is 16.7. The Labute approximate surface area is 172 Å². The standard InChI is InChI=1S/C22H43NO5/c1-4-7-8-9-10-11-12-13-14-15-17-20(21(24)25)28-22(26)27-19-16-18-23(5-2)6-3/h20H,4-19H2,1-3H3,(H,24,25)/t20-/m1/s1. The number of hydrogen-bond acceptors (Lipinski definition) is 5. The molecule has 0 saturated carbocycles. The lowest BCUT2D eigenvalue weighted by molar-refractivity contribution is -0.148. The van der Waals surface area contributed by atoms with Crippen molar-refractivity contribution in [3.05, 3.63) is 0 Å². The van der Waals surface area contributed by atoms with Crippen LogP contribution in [0.15, 0.2) is 0 Å². The van der Waals surface area contributed by atoms with Gasteiger partial charge in [0.2, 0.25) is 6.10 Å². The van der Waals surface area contributed by atoms with Gasteiger partial charge in [0.1, 0.15) is 0 Å². The van der Waals surface area contributed by atoms with Crippen LogP contribution in [0.25, 0.3) is 0 Å². The molecule has 0 unspecified atom stereocenters. The van der Waals surface area contributed by atoms with Gasteiger partial charge < -0.3 is 19.5 Å². The molecule has 0 aliphatic rings. The third kappa shape index (κ3) is 15.7. The van der Waals surface area contributed by atoms with Crippen LogP contribution in [0.3, 0.4) is 0 Å². The second kappa shape index (κ2) is 19.0. The van der Waals surface area contributed by atoms with Crippen LogP contribution in [0.1, 0.15) is 97.8 Å². The summed E-state index contributed by atoms with van der Waals surface area (Å²) in [4.78, 5) is 25.2. The third-order valence-corrected chi connectivity index (χ3v) is 5.07. The van der Waals surface area contributed by atoms with E-state index in [0.29, 0.717) is 12.8 Å². The summed E-state index contributed by atoms with van der Waals surface area (Å²) in [5.74, 6) is -1.10. The van der Waals surface area contributed by atoms with Crippen LogP contribution in [-0.2, 0) is 14.3 Å². The molecule has 0 spiro atoms. The van der Waals surface area contributed by atoms with Crippen LogP contribution in [0, 0.1) is 0 Å².